The van der Waals surface area contributed by atoms with E-state index in [9.17, 15) is 19.7 Å². The van der Waals surface area contributed by atoms with Crippen molar-refractivity contribution in [3.05, 3.63) is 25.7 Å². The number of ether oxygens (including phenoxy) is 2. The van der Waals surface area contributed by atoms with Crippen LogP contribution >= 0.6 is 22.9 Å². The summed E-state index contributed by atoms with van der Waals surface area (Å²) < 4.78 is 10.4. The van der Waals surface area contributed by atoms with Crippen molar-refractivity contribution in [1.82, 2.24) is 20.1 Å². The van der Waals surface area contributed by atoms with E-state index in [0.717, 1.165) is 4.88 Å². The molecule has 1 atom stereocenters. The number of rotatable bonds is 9. The Morgan fingerprint density at radius 1 is 1.45 bits per heavy atom. The Bertz CT molecular complexity index is 774. The van der Waals surface area contributed by atoms with Gasteiger partial charge in [0.1, 0.15) is 11.1 Å². The van der Waals surface area contributed by atoms with Crippen LogP contribution in [-0.2, 0) is 25.6 Å². The molecule has 1 aliphatic rings. The van der Waals surface area contributed by atoms with Crippen molar-refractivity contribution in [2.24, 2.45) is 5.10 Å². The van der Waals surface area contributed by atoms with E-state index in [4.69, 9.17) is 21.1 Å². The first-order valence-corrected chi connectivity index (χ1v) is 9.91. The molecule has 1 aromatic heterocycles. The smallest absolute Gasteiger partial charge is 0.324 e. The molecule has 0 spiro atoms. The lowest BCUT2D eigenvalue weighted by Crippen LogP contribution is -2.61. The number of hydrogen-bond donors (Lipinski definition) is 1. The predicted molar refractivity (Wildman–Crippen MR) is 103 cm³/mol. The van der Waals surface area contributed by atoms with Crippen molar-refractivity contribution in [2.75, 3.05) is 26.6 Å². The number of guanidine groups is 1. The SMILES string of the molecule is CCOC(=O)C[C@@H](C(=O)OCC)N1CN/C(=N\[N+](=O)[O-])N(Cc2cnc(Cl)s2)C1. The number of carbonyl (C=O) groups is 2. The Labute approximate surface area is 175 Å². The number of nitro groups is 1. The largest absolute Gasteiger partial charge is 0.466 e. The van der Waals surface area contributed by atoms with Crippen LogP contribution in [0.5, 0.6) is 0 Å². The fourth-order valence-corrected chi connectivity index (χ4v) is 3.65. The van der Waals surface area contributed by atoms with Gasteiger partial charge in [0.2, 0.25) is 0 Å². The summed E-state index contributed by atoms with van der Waals surface area (Å²) in [5.41, 5.74) is 0. The highest BCUT2D eigenvalue weighted by Crippen LogP contribution is 2.21. The summed E-state index contributed by atoms with van der Waals surface area (Å²) in [6.45, 7) is 4.02. The molecule has 1 N–H and O–H groups in total. The van der Waals surface area contributed by atoms with Gasteiger partial charge in [0.15, 0.2) is 9.50 Å². The van der Waals surface area contributed by atoms with Crippen LogP contribution in [0, 0.1) is 10.1 Å². The van der Waals surface area contributed by atoms with Gasteiger partial charge in [0.25, 0.3) is 5.96 Å². The van der Waals surface area contributed by atoms with Gasteiger partial charge in [-0.1, -0.05) is 11.6 Å². The van der Waals surface area contributed by atoms with Crippen molar-refractivity contribution in [3.63, 3.8) is 0 Å². The summed E-state index contributed by atoms with van der Waals surface area (Å²) in [5.74, 6) is -1.11. The maximum atomic E-state index is 12.4. The van der Waals surface area contributed by atoms with E-state index in [1.54, 1.807) is 29.8 Å². The van der Waals surface area contributed by atoms with Gasteiger partial charge < -0.3 is 19.7 Å². The van der Waals surface area contributed by atoms with Gasteiger partial charge in [0.05, 0.1) is 39.5 Å². The second-order valence-corrected chi connectivity index (χ2v) is 7.48. The number of hydrazone groups is 1. The molecule has 0 amide bonds. The Morgan fingerprint density at radius 3 is 2.76 bits per heavy atom. The fourth-order valence-electron chi connectivity index (χ4n) is 2.65. The minimum absolute atomic E-state index is 0.0227. The molecule has 2 rings (SSSR count). The second kappa shape index (κ2) is 10.9. The van der Waals surface area contributed by atoms with Gasteiger partial charge in [-0.15, -0.1) is 11.3 Å². The molecular weight excluding hydrogens is 428 g/mol. The molecular formula is C15H21ClN6O6S. The first-order chi connectivity index (χ1) is 13.8. The summed E-state index contributed by atoms with van der Waals surface area (Å²) in [7, 11) is 0. The van der Waals surface area contributed by atoms with Crippen molar-refractivity contribution >= 4 is 40.8 Å². The van der Waals surface area contributed by atoms with Crippen LogP contribution < -0.4 is 5.32 Å². The van der Waals surface area contributed by atoms with Gasteiger partial charge in [-0.3, -0.25) is 14.5 Å². The molecule has 1 aromatic rings. The molecule has 0 aromatic carbocycles. The fraction of sp³-hybridized carbons (Fsp3) is 0.600. The normalized spacial score (nSPS) is 16.9. The molecule has 14 heteroatoms. The van der Waals surface area contributed by atoms with Gasteiger partial charge in [0, 0.05) is 11.1 Å². The predicted octanol–water partition coefficient (Wildman–Crippen LogP) is 0.851. The Balaban J connectivity index is 2.22. The number of esters is 2. The minimum atomic E-state index is -0.925. The van der Waals surface area contributed by atoms with Crippen molar-refractivity contribution in [1.29, 1.82) is 0 Å². The van der Waals surface area contributed by atoms with Gasteiger partial charge in [-0.25, -0.2) is 15.1 Å². The van der Waals surface area contributed by atoms with Crippen LogP contribution in [0.2, 0.25) is 4.47 Å². The topological polar surface area (TPSA) is 140 Å². The zero-order valence-electron chi connectivity index (χ0n) is 15.9. The van der Waals surface area contributed by atoms with Gasteiger partial charge in [-0.05, 0) is 13.8 Å². The number of nitrogens with one attached hydrogen (secondary N) is 1. The number of thiazole rings is 1. The highest BCUT2D eigenvalue weighted by Gasteiger charge is 2.35. The average Bonchev–Trinajstić information content (AvgIpc) is 3.06. The lowest BCUT2D eigenvalue weighted by molar-refractivity contribution is -0.486. The molecule has 1 aliphatic heterocycles. The Morgan fingerprint density at radius 2 is 2.17 bits per heavy atom. The highest BCUT2D eigenvalue weighted by molar-refractivity contribution is 7.15. The van der Waals surface area contributed by atoms with Crippen LogP contribution in [0.4, 0.5) is 0 Å². The maximum absolute atomic E-state index is 12.4. The summed E-state index contributed by atoms with van der Waals surface area (Å²) in [6.07, 6.45) is 1.34. The maximum Gasteiger partial charge on any atom is 0.324 e. The van der Waals surface area contributed by atoms with Crippen LogP contribution in [0.15, 0.2) is 11.3 Å². The van der Waals surface area contributed by atoms with Gasteiger partial charge in [-0.2, -0.15) is 0 Å². The molecule has 0 saturated carbocycles. The quantitative estimate of drug-likeness (QED) is 0.328. The standard InChI is InChI=1S/C15H21ClN6O6S/c1-3-27-12(23)5-11(13(24)28-4-2)21-8-18-15(19-22(25)26)20(9-21)7-10-6-17-14(16)29-10/h6,11H,3-5,7-9H2,1-2H3,(H,18,19)/t11-/m0/s1. The first-order valence-electron chi connectivity index (χ1n) is 8.72. The van der Waals surface area contributed by atoms with E-state index < -0.39 is 23.0 Å². The van der Waals surface area contributed by atoms with E-state index >= 15 is 0 Å². The van der Waals surface area contributed by atoms with E-state index in [2.05, 4.69) is 15.4 Å². The van der Waals surface area contributed by atoms with Crippen LogP contribution in [0.1, 0.15) is 25.1 Å². The number of nitrogens with zero attached hydrogens (tertiary/aromatic N) is 5. The molecule has 12 nitrogen and oxygen atoms in total. The first kappa shape index (κ1) is 22.8. The molecule has 160 valence electrons. The third-order valence-corrected chi connectivity index (χ3v) is 4.90. The third-order valence-electron chi connectivity index (χ3n) is 3.81. The third kappa shape index (κ3) is 6.80. The van der Waals surface area contributed by atoms with Crippen molar-refractivity contribution in [2.45, 2.75) is 32.9 Å². The Kier molecular flexibility index (Phi) is 8.54. The van der Waals surface area contributed by atoms with Crippen LogP contribution in [-0.4, -0.2) is 70.3 Å². The summed E-state index contributed by atoms with van der Waals surface area (Å²) in [6, 6.07) is -0.925. The molecule has 0 aliphatic carbocycles. The molecule has 2 heterocycles. The molecule has 0 bridgehead atoms. The average molecular weight is 449 g/mol. The van der Waals surface area contributed by atoms with E-state index in [1.165, 1.54) is 11.3 Å². The molecule has 0 radical (unpaired) electrons. The molecule has 0 unspecified atom stereocenters. The zero-order chi connectivity index (χ0) is 21.4. The minimum Gasteiger partial charge on any atom is -0.466 e. The van der Waals surface area contributed by atoms with Crippen LogP contribution in [0.25, 0.3) is 0 Å². The van der Waals surface area contributed by atoms with E-state index in [1.807, 2.05) is 0 Å². The lowest BCUT2D eigenvalue weighted by Gasteiger charge is -2.39. The summed E-state index contributed by atoms with van der Waals surface area (Å²) in [4.78, 5) is 43.1. The Hall–Kier alpha value is -2.51. The highest BCUT2D eigenvalue weighted by atomic mass is 35.5. The second-order valence-electron chi connectivity index (χ2n) is 5.78. The monoisotopic (exact) mass is 448 g/mol. The number of hydrogen-bond acceptors (Lipinski definition) is 9. The molecule has 1 saturated heterocycles. The summed E-state index contributed by atoms with van der Waals surface area (Å²) in [5, 5.41) is 16.2. The zero-order valence-corrected chi connectivity index (χ0v) is 17.4. The van der Waals surface area contributed by atoms with Crippen LogP contribution in [0.3, 0.4) is 0 Å². The van der Waals surface area contributed by atoms with Gasteiger partial charge >= 0.3 is 11.9 Å². The lowest BCUT2D eigenvalue weighted by atomic mass is 10.2. The number of halogens is 1. The number of carbonyl (C=O) groups excluding carboxylic acids is 2. The van der Waals surface area contributed by atoms with E-state index in [-0.39, 0.29) is 45.5 Å². The molecule has 1 fully saturated rings. The summed E-state index contributed by atoms with van der Waals surface area (Å²) >= 11 is 7.07. The molecule has 29 heavy (non-hydrogen) atoms. The van der Waals surface area contributed by atoms with E-state index in [0.29, 0.717) is 4.47 Å². The number of aromatic nitrogens is 1. The van der Waals surface area contributed by atoms with Crippen molar-refractivity contribution < 1.29 is 24.1 Å². The van der Waals surface area contributed by atoms with Crippen molar-refractivity contribution in [3.8, 4) is 0 Å².